The van der Waals surface area contributed by atoms with Crippen molar-refractivity contribution in [3.8, 4) is 28.5 Å². The van der Waals surface area contributed by atoms with Gasteiger partial charge < -0.3 is 15.4 Å². The molecule has 6 nitrogen and oxygen atoms in total. The van der Waals surface area contributed by atoms with Gasteiger partial charge in [-0.2, -0.15) is 18.4 Å². The van der Waals surface area contributed by atoms with Crippen LogP contribution in [0.25, 0.3) is 22.4 Å². The second-order valence-corrected chi connectivity index (χ2v) is 9.33. The summed E-state index contributed by atoms with van der Waals surface area (Å²) in [6.07, 6.45) is -4.93. The van der Waals surface area contributed by atoms with E-state index in [0.717, 1.165) is 17.2 Å². The van der Waals surface area contributed by atoms with Crippen molar-refractivity contribution >= 4 is 11.7 Å². The number of hydrogen-bond donors (Lipinski definition) is 2. The Bertz CT molecular complexity index is 1730. The number of carboxylic acid groups (broad SMARTS) is 1. The Morgan fingerprint density at radius 2 is 1.72 bits per heavy atom. The van der Waals surface area contributed by atoms with Crippen LogP contribution < -0.4 is 11.3 Å². The van der Waals surface area contributed by atoms with Crippen LogP contribution in [0.2, 0.25) is 0 Å². The molecule has 0 saturated heterocycles. The average Bonchev–Trinajstić information content (AvgIpc) is 2.86. The van der Waals surface area contributed by atoms with E-state index >= 15 is 0 Å². The molecule has 0 unspecified atom stereocenters. The number of hydrogen-bond acceptors (Lipinski definition) is 4. The SMILES string of the molecule is Cc1ccc(Cn2c(-c3cccc(-c4ccc(N)c(C(=O)O)c4)c3C)cc(C(F)(F)F)c(C#N)c2=O)c(C)c1. The number of nitrogen functional groups attached to an aromatic ring is 1. The normalized spacial score (nSPS) is 11.3. The predicted octanol–water partition coefficient (Wildman–Crippen LogP) is 6.33. The first-order valence-corrected chi connectivity index (χ1v) is 11.9. The molecule has 4 rings (SSSR count). The highest BCUT2D eigenvalue weighted by atomic mass is 19.4. The molecule has 0 aliphatic heterocycles. The number of nitrogens with two attached hydrogens (primary N) is 1. The number of nitriles is 1. The number of halogens is 3. The Morgan fingerprint density at radius 1 is 1.03 bits per heavy atom. The Kier molecular flexibility index (Phi) is 7.07. The molecule has 0 bridgehead atoms. The maximum Gasteiger partial charge on any atom is 0.417 e. The number of carbonyl (C=O) groups is 1. The monoisotopic (exact) mass is 531 g/mol. The van der Waals surface area contributed by atoms with Gasteiger partial charge in [0, 0.05) is 11.3 Å². The van der Waals surface area contributed by atoms with Crippen LogP contribution in [0.5, 0.6) is 0 Å². The summed E-state index contributed by atoms with van der Waals surface area (Å²) in [5.41, 5.74) is 6.85. The molecule has 1 heterocycles. The number of aryl methyl sites for hydroxylation is 2. The van der Waals surface area contributed by atoms with Gasteiger partial charge in [-0.25, -0.2) is 4.79 Å². The molecule has 0 aliphatic rings. The molecule has 9 heteroatoms. The molecule has 39 heavy (non-hydrogen) atoms. The lowest BCUT2D eigenvalue weighted by molar-refractivity contribution is -0.137. The van der Waals surface area contributed by atoms with Crippen LogP contribution in [0.1, 0.15) is 43.7 Å². The van der Waals surface area contributed by atoms with E-state index in [1.807, 2.05) is 26.0 Å². The number of rotatable bonds is 5. The van der Waals surface area contributed by atoms with Crippen LogP contribution in [0.15, 0.2) is 65.5 Å². The highest BCUT2D eigenvalue weighted by Gasteiger charge is 2.37. The number of pyridine rings is 1. The van der Waals surface area contributed by atoms with Gasteiger partial charge in [-0.3, -0.25) is 4.79 Å². The van der Waals surface area contributed by atoms with E-state index in [0.29, 0.717) is 27.8 Å². The maximum atomic E-state index is 14.0. The van der Waals surface area contributed by atoms with Gasteiger partial charge in [0.25, 0.3) is 5.56 Å². The lowest BCUT2D eigenvalue weighted by Crippen LogP contribution is -2.29. The van der Waals surface area contributed by atoms with Crippen LogP contribution in [-0.2, 0) is 12.7 Å². The third kappa shape index (κ3) is 5.14. The quantitative estimate of drug-likeness (QED) is 0.293. The van der Waals surface area contributed by atoms with E-state index in [2.05, 4.69) is 0 Å². The first-order valence-electron chi connectivity index (χ1n) is 11.9. The molecular weight excluding hydrogens is 507 g/mol. The summed E-state index contributed by atoms with van der Waals surface area (Å²) in [7, 11) is 0. The van der Waals surface area contributed by atoms with Crippen molar-refractivity contribution in [2.75, 3.05) is 5.73 Å². The number of benzene rings is 3. The number of anilines is 1. The molecule has 1 aromatic heterocycles. The van der Waals surface area contributed by atoms with Crippen molar-refractivity contribution in [3.05, 3.63) is 110 Å². The van der Waals surface area contributed by atoms with E-state index in [4.69, 9.17) is 5.73 Å². The number of nitrogens with zero attached hydrogens (tertiary/aromatic N) is 2. The summed E-state index contributed by atoms with van der Waals surface area (Å²) in [4.78, 5) is 25.1. The van der Waals surface area contributed by atoms with E-state index < -0.39 is 28.8 Å². The molecule has 0 atom stereocenters. The van der Waals surface area contributed by atoms with E-state index in [-0.39, 0.29) is 23.5 Å². The minimum absolute atomic E-state index is 0.0143. The van der Waals surface area contributed by atoms with E-state index in [1.165, 1.54) is 22.8 Å². The first-order chi connectivity index (χ1) is 18.3. The maximum absolute atomic E-state index is 14.0. The lowest BCUT2D eigenvalue weighted by atomic mass is 9.92. The summed E-state index contributed by atoms with van der Waals surface area (Å²) in [5, 5.41) is 19.0. The fourth-order valence-electron chi connectivity index (χ4n) is 4.69. The topological polar surface area (TPSA) is 109 Å². The van der Waals surface area contributed by atoms with Crippen LogP contribution in [0, 0.1) is 32.1 Å². The highest BCUT2D eigenvalue weighted by Crippen LogP contribution is 2.37. The van der Waals surface area contributed by atoms with Gasteiger partial charge in [0.1, 0.15) is 11.6 Å². The van der Waals surface area contributed by atoms with Crippen molar-refractivity contribution in [1.29, 1.82) is 5.26 Å². The molecule has 3 N–H and O–H groups in total. The number of aromatic carboxylic acids is 1. The third-order valence-corrected chi connectivity index (χ3v) is 6.75. The lowest BCUT2D eigenvalue weighted by Gasteiger charge is -2.21. The van der Waals surface area contributed by atoms with Crippen LogP contribution in [0.3, 0.4) is 0 Å². The number of carboxylic acids is 1. The Labute approximate surface area is 222 Å². The Hall–Kier alpha value is -4.84. The molecule has 0 amide bonds. The molecule has 3 aromatic carbocycles. The molecular formula is C30H24F3N3O3. The van der Waals surface area contributed by atoms with Crippen LogP contribution in [-0.4, -0.2) is 15.6 Å². The first kappa shape index (κ1) is 27.2. The van der Waals surface area contributed by atoms with Gasteiger partial charge >= 0.3 is 12.1 Å². The minimum Gasteiger partial charge on any atom is -0.478 e. The summed E-state index contributed by atoms with van der Waals surface area (Å²) >= 11 is 0. The van der Waals surface area contributed by atoms with Gasteiger partial charge in [0.2, 0.25) is 0 Å². The van der Waals surface area contributed by atoms with Crippen molar-refractivity contribution in [2.24, 2.45) is 0 Å². The third-order valence-electron chi connectivity index (χ3n) is 6.75. The molecule has 198 valence electrons. The summed E-state index contributed by atoms with van der Waals surface area (Å²) in [5.74, 6) is -1.22. The second-order valence-electron chi connectivity index (χ2n) is 9.33. The molecule has 0 saturated carbocycles. The van der Waals surface area contributed by atoms with Gasteiger partial charge in [0.05, 0.1) is 23.4 Å². The zero-order chi connectivity index (χ0) is 28.6. The largest absolute Gasteiger partial charge is 0.478 e. The van der Waals surface area contributed by atoms with Gasteiger partial charge in [-0.05, 0) is 66.8 Å². The highest BCUT2D eigenvalue weighted by molar-refractivity contribution is 5.95. The zero-order valence-corrected chi connectivity index (χ0v) is 21.3. The van der Waals surface area contributed by atoms with Crippen LogP contribution >= 0.6 is 0 Å². The summed E-state index contributed by atoms with van der Waals surface area (Å²) in [6.45, 7) is 5.37. The number of aromatic nitrogens is 1. The second kappa shape index (κ2) is 10.1. The van der Waals surface area contributed by atoms with Crippen LogP contribution in [0.4, 0.5) is 18.9 Å². The van der Waals surface area contributed by atoms with E-state index in [9.17, 15) is 33.1 Å². The van der Waals surface area contributed by atoms with E-state index in [1.54, 1.807) is 37.3 Å². The fraction of sp³-hybridized carbons (Fsp3) is 0.167. The van der Waals surface area contributed by atoms with Gasteiger partial charge in [-0.1, -0.05) is 48.0 Å². The minimum atomic E-state index is -4.93. The van der Waals surface area contributed by atoms with Gasteiger partial charge in [0.15, 0.2) is 0 Å². The molecule has 0 aliphatic carbocycles. The average molecular weight is 532 g/mol. The molecule has 0 spiro atoms. The predicted molar refractivity (Wildman–Crippen MR) is 142 cm³/mol. The Balaban J connectivity index is 2.03. The summed E-state index contributed by atoms with van der Waals surface area (Å²) in [6, 6.07) is 17.2. The Morgan fingerprint density at radius 3 is 2.33 bits per heavy atom. The summed E-state index contributed by atoms with van der Waals surface area (Å²) < 4.78 is 43.2. The standard InChI is InChI=1S/C30H24F3N3O3/c1-16-7-8-20(17(2)11-16)15-36-27(13-25(30(31,32)33)24(14-34)28(36)37)22-6-4-5-21(18(22)3)19-9-10-26(35)23(12-19)29(38)39/h4-13H,15,35H2,1-3H3,(H,38,39). The molecule has 4 aromatic rings. The van der Waals surface area contributed by atoms with Gasteiger partial charge in [-0.15, -0.1) is 0 Å². The molecule has 0 fully saturated rings. The smallest absolute Gasteiger partial charge is 0.417 e. The fourth-order valence-corrected chi connectivity index (χ4v) is 4.69. The van der Waals surface area contributed by atoms with Crippen molar-refractivity contribution in [2.45, 2.75) is 33.5 Å². The zero-order valence-electron chi connectivity index (χ0n) is 21.3. The number of alkyl halides is 3. The van der Waals surface area contributed by atoms with Crippen molar-refractivity contribution < 1.29 is 23.1 Å². The molecule has 0 radical (unpaired) electrons. The van der Waals surface area contributed by atoms with Crippen molar-refractivity contribution in [3.63, 3.8) is 0 Å². The van der Waals surface area contributed by atoms with Crippen molar-refractivity contribution in [1.82, 2.24) is 4.57 Å².